The van der Waals surface area contributed by atoms with Gasteiger partial charge in [-0.15, -0.1) is 11.8 Å². The van der Waals surface area contributed by atoms with Crippen molar-refractivity contribution in [2.75, 3.05) is 5.75 Å². The van der Waals surface area contributed by atoms with Crippen LogP contribution in [0, 0.1) is 11.6 Å². The molecule has 2 rings (SSSR count). The minimum atomic E-state index is -0.844. The molecule has 0 fully saturated rings. The molecule has 21 heavy (non-hydrogen) atoms. The molecule has 1 unspecified atom stereocenters. The molecule has 112 valence electrons. The van der Waals surface area contributed by atoms with Crippen molar-refractivity contribution >= 4 is 39.3 Å². The second-order valence-corrected chi connectivity index (χ2v) is 6.83. The van der Waals surface area contributed by atoms with Crippen molar-refractivity contribution in [2.45, 2.75) is 17.4 Å². The molecular weight excluding hydrogens is 382 g/mol. The van der Waals surface area contributed by atoms with Gasteiger partial charge in [-0.25, -0.2) is 8.78 Å². The zero-order valence-corrected chi connectivity index (χ0v) is 14.0. The Bertz CT molecular complexity index is 622. The molecule has 0 bridgehead atoms. The molecule has 0 aliphatic heterocycles. The van der Waals surface area contributed by atoms with E-state index < -0.39 is 17.7 Å². The van der Waals surface area contributed by atoms with Crippen molar-refractivity contribution in [1.82, 2.24) is 0 Å². The summed E-state index contributed by atoms with van der Waals surface area (Å²) in [4.78, 5) is 0.939. The van der Waals surface area contributed by atoms with Crippen molar-refractivity contribution in [3.05, 3.63) is 63.1 Å². The number of thioether (sulfide) groups is 1. The second-order valence-electron chi connectivity index (χ2n) is 4.44. The normalized spacial score (nSPS) is 12.4. The number of aliphatic hydroxyl groups excluding tert-OH is 1. The van der Waals surface area contributed by atoms with E-state index in [1.54, 1.807) is 12.1 Å². The Labute approximate surface area is 139 Å². The minimum Gasteiger partial charge on any atom is -0.392 e. The number of benzene rings is 2. The molecule has 0 aliphatic carbocycles. The molecule has 0 radical (unpaired) electrons. The molecule has 6 heteroatoms. The van der Waals surface area contributed by atoms with Gasteiger partial charge in [-0.3, -0.25) is 0 Å². The molecule has 2 aromatic rings. The van der Waals surface area contributed by atoms with Crippen molar-refractivity contribution in [3.63, 3.8) is 0 Å². The molecule has 0 spiro atoms. The molecule has 0 saturated heterocycles. The summed E-state index contributed by atoms with van der Waals surface area (Å²) >= 11 is 10.2. The average Bonchev–Trinajstić information content (AvgIpc) is 2.47. The van der Waals surface area contributed by atoms with Gasteiger partial charge in [0.15, 0.2) is 0 Å². The maximum Gasteiger partial charge on any atom is 0.143 e. The van der Waals surface area contributed by atoms with Gasteiger partial charge in [-0.2, -0.15) is 0 Å². The third-order valence-corrected chi connectivity index (χ3v) is 4.86. The Morgan fingerprint density at radius 1 is 1.14 bits per heavy atom. The van der Waals surface area contributed by atoms with Crippen LogP contribution < -0.4 is 0 Å². The molecule has 1 atom stereocenters. The van der Waals surface area contributed by atoms with E-state index in [1.807, 2.05) is 12.1 Å². The van der Waals surface area contributed by atoms with E-state index in [2.05, 4.69) is 15.9 Å². The summed E-state index contributed by atoms with van der Waals surface area (Å²) < 4.78 is 27.6. The summed E-state index contributed by atoms with van der Waals surface area (Å²) in [5, 5.41) is 10.6. The maximum atomic E-state index is 13.8. The quantitative estimate of drug-likeness (QED) is 0.565. The fourth-order valence-corrected chi connectivity index (χ4v) is 3.10. The maximum absolute atomic E-state index is 13.8. The lowest BCUT2D eigenvalue weighted by Gasteiger charge is -2.12. The minimum absolute atomic E-state index is 0.0717. The number of hydrogen-bond donors (Lipinski definition) is 1. The van der Waals surface area contributed by atoms with Gasteiger partial charge in [-0.1, -0.05) is 11.6 Å². The van der Waals surface area contributed by atoms with Crippen LogP contribution in [0.4, 0.5) is 8.78 Å². The van der Waals surface area contributed by atoms with Crippen LogP contribution in [0.2, 0.25) is 5.02 Å². The number of hydrogen-bond acceptors (Lipinski definition) is 2. The number of rotatable bonds is 5. The van der Waals surface area contributed by atoms with Crippen molar-refractivity contribution in [3.8, 4) is 0 Å². The molecule has 0 aliphatic rings. The first-order chi connectivity index (χ1) is 9.97. The van der Waals surface area contributed by atoms with Gasteiger partial charge in [0, 0.05) is 27.7 Å². The lowest BCUT2D eigenvalue weighted by molar-refractivity contribution is 0.197. The van der Waals surface area contributed by atoms with E-state index >= 15 is 0 Å². The molecule has 2 aromatic carbocycles. The zero-order chi connectivity index (χ0) is 15.4. The first-order valence-corrected chi connectivity index (χ1v) is 8.32. The molecule has 0 heterocycles. The van der Waals surface area contributed by atoms with Crippen LogP contribution in [0.15, 0.2) is 45.8 Å². The first-order valence-electron chi connectivity index (χ1n) is 6.16. The summed E-state index contributed by atoms with van der Waals surface area (Å²) in [7, 11) is 0. The molecule has 0 amide bonds. The fourth-order valence-electron chi connectivity index (χ4n) is 1.77. The van der Waals surface area contributed by atoms with E-state index in [9.17, 15) is 13.9 Å². The molecule has 1 N–H and O–H groups in total. The van der Waals surface area contributed by atoms with E-state index in [0.29, 0.717) is 10.8 Å². The fraction of sp³-hybridized carbons (Fsp3) is 0.200. The summed E-state index contributed by atoms with van der Waals surface area (Å²) in [6, 6.07) is 9.67. The number of aliphatic hydroxyl groups is 1. The van der Waals surface area contributed by atoms with E-state index in [0.717, 1.165) is 4.90 Å². The van der Waals surface area contributed by atoms with Crippen LogP contribution in [0.5, 0.6) is 0 Å². The Kier molecular flexibility index (Phi) is 6.05. The Balaban J connectivity index is 1.97. The summed E-state index contributed by atoms with van der Waals surface area (Å²) in [6.45, 7) is 0. The predicted molar refractivity (Wildman–Crippen MR) is 85.9 cm³/mol. The van der Waals surface area contributed by atoms with Gasteiger partial charge in [0.2, 0.25) is 0 Å². The molecular formula is C15H12BrClF2OS. The Hall–Kier alpha value is -0.620. The van der Waals surface area contributed by atoms with Crippen LogP contribution in [-0.4, -0.2) is 17.0 Å². The second kappa shape index (κ2) is 7.58. The van der Waals surface area contributed by atoms with Crippen LogP contribution >= 0.6 is 39.3 Å². The van der Waals surface area contributed by atoms with Gasteiger partial charge in [0.1, 0.15) is 11.6 Å². The highest BCUT2D eigenvalue weighted by atomic mass is 79.9. The highest BCUT2D eigenvalue weighted by Gasteiger charge is 2.16. The van der Waals surface area contributed by atoms with Crippen LogP contribution in [0.25, 0.3) is 0 Å². The lowest BCUT2D eigenvalue weighted by atomic mass is 10.1. The van der Waals surface area contributed by atoms with Crippen molar-refractivity contribution < 1.29 is 13.9 Å². The smallest absolute Gasteiger partial charge is 0.143 e. The van der Waals surface area contributed by atoms with E-state index in [-0.39, 0.29) is 16.5 Å². The van der Waals surface area contributed by atoms with Crippen molar-refractivity contribution in [2.24, 2.45) is 0 Å². The Morgan fingerprint density at radius 2 is 1.81 bits per heavy atom. The standard InChI is InChI=1S/C15H12BrClF2OS/c16-13-5-6-14(18)12(15(13)19)7-10(20)8-21-11-3-1-9(17)2-4-11/h1-6,10,20H,7-8H2. The summed E-state index contributed by atoms with van der Waals surface area (Å²) in [5.41, 5.74) is -0.103. The number of halogens is 4. The third kappa shape index (κ3) is 4.68. The Morgan fingerprint density at radius 3 is 2.48 bits per heavy atom. The largest absolute Gasteiger partial charge is 0.392 e. The first kappa shape index (κ1) is 16.7. The summed E-state index contributed by atoms with van der Waals surface area (Å²) in [5.74, 6) is -0.968. The molecule has 0 aromatic heterocycles. The highest BCUT2D eigenvalue weighted by Crippen LogP contribution is 2.25. The van der Waals surface area contributed by atoms with Gasteiger partial charge < -0.3 is 5.11 Å². The van der Waals surface area contributed by atoms with Gasteiger partial charge in [0.05, 0.1) is 10.6 Å². The zero-order valence-electron chi connectivity index (χ0n) is 10.8. The average molecular weight is 394 g/mol. The van der Waals surface area contributed by atoms with Crippen LogP contribution in [0.1, 0.15) is 5.56 Å². The van der Waals surface area contributed by atoms with Crippen LogP contribution in [0.3, 0.4) is 0 Å². The van der Waals surface area contributed by atoms with Crippen molar-refractivity contribution in [1.29, 1.82) is 0 Å². The predicted octanol–water partition coefficient (Wildman–Crippen LogP) is 5.08. The van der Waals surface area contributed by atoms with E-state index in [4.69, 9.17) is 11.6 Å². The highest BCUT2D eigenvalue weighted by molar-refractivity contribution is 9.10. The van der Waals surface area contributed by atoms with Gasteiger partial charge >= 0.3 is 0 Å². The third-order valence-electron chi connectivity index (χ3n) is 2.83. The van der Waals surface area contributed by atoms with Gasteiger partial charge in [0.25, 0.3) is 0 Å². The van der Waals surface area contributed by atoms with E-state index in [1.165, 1.54) is 23.9 Å². The topological polar surface area (TPSA) is 20.2 Å². The molecule has 0 saturated carbocycles. The molecule has 1 nitrogen and oxygen atoms in total. The van der Waals surface area contributed by atoms with Gasteiger partial charge in [-0.05, 0) is 52.3 Å². The SMILES string of the molecule is OC(CSc1ccc(Cl)cc1)Cc1c(F)ccc(Br)c1F. The lowest BCUT2D eigenvalue weighted by Crippen LogP contribution is -2.16. The van der Waals surface area contributed by atoms with Crippen LogP contribution in [-0.2, 0) is 6.42 Å². The monoisotopic (exact) mass is 392 g/mol. The summed E-state index contributed by atoms with van der Waals surface area (Å²) in [6.07, 6.45) is -0.915.